The zero-order valence-corrected chi connectivity index (χ0v) is 41.3. The van der Waals surface area contributed by atoms with Crippen LogP contribution in [0.5, 0.6) is 0 Å². The van der Waals surface area contributed by atoms with Crippen molar-refractivity contribution in [3.8, 4) is 72.8 Å². The summed E-state index contributed by atoms with van der Waals surface area (Å²) in [6.07, 6.45) is 0. The van der Waals surface area contributed by atoms with Gasteiger partial charge in [-0.05, 0) is 178 Å². The van der Waals surface area contributed by atoms with Crippen LogP contribution in [0.1, 0.15) is 85.9 Å². The first-order chi connectivity index (χ1) is 33.1. The van der Waals surface area contributed by atoms with Gasteiger partial charge in [0.2, 0.25) is 0 Å². The van der Waals surface area contributed by atoms with Crippen molar-refractivity contribution in [2.75, 3.05) is 4.90 Å². The predicted octanol–water partition coefficient (Wildman–Crippen LogP) is 18.7. The number of benzene rings is 10. The summed E-state index contributed by atoms with van der Waals surface area (Å²) in [5.41, 5.74) is 18.5. The second kappa shape index (κ2) is 14.9. The first kappa shape index (κ1) is 42.6. The van der Waals surface area contributed by atoms with Gasteiger partial charge in [0.15, 0.2) is 5.69 Å². The van der Waals surface area contributed by atoms with Gasteiger partial charge in [0.25, 0.3) is 0 Å². The second-order valence-corrected chi connectivity index (χ2v) is 22.1. The highest BCUT2D eigenvalue weighted by molar-refractivity contribution is 6.31. The number of nitriles is 1. The molecule has 0 saturated heterocycles. The average molecular weight is 890 g/mol. The van der Waals surface area contributed by atoms with Crippen molar-refractivity contribution in [3.63, 3.8) is 0 Å². The van der Waals surface area contributed by atoms with Crippen molar-refractivity contribution in [1.82, 2.24) is 0 Å². The van der Waals surface area contributed by atoms with E-state index in [2.05, 4.69) is 225 Å². The molecule has 2 aliphatic rings. The number of fused-ring (bicyclic) bond motifs is 11. The maximum Gasteiger partial charge on any atom is 0.195 e. The Balaban J connectivity index is 1.21. The fourth-order valence-corrected chi connectivity index (χ4v) is 12.3. The standard InChI is InChI=1S/C66H55N3/c1-36(2)69(37(3)4)58-30-29-52-60-46(18-14-19-50(58)60)56-34-54-44-25-27-47-53(43(44)26-28-48(54)62(64(52)56)49-24-22-41(66(8,9)10)32-57(49)68-11)33-55-45-17-12-15-38-16-13-20-51(59(38)45)63(55)61(47)42-23-21-40(65(5,6)7)31-39(42)35-67/h12-34,36-37H,1-10H3. The molecule has 0 atom stereocenters. The van der Waals surface area contributed by atoms with Crippen LogP contribution in [0.25, 0.3) is 125 Å². The smallest absolute Gasteiger partial charge is 0.195 e. The van der Waals surface area contributed by atoms with E-state index in [9.17, 15) is 5.26 Å². The van der Waals surface area contributed by atoms with Crippen LogP contribution >= 0.6 is 0 Å². The Morgan fingerprint density at radius 3 is 1.51 bits per heavy atom. The van der Waals surface area contributed by atoms with E-state index in [0.717, 1.165) is 65.7 Å². The number of hydrogen-bond donors (Lipinski definition) is 0. The van der Waals surface area contributed by atoms with Gasteiger partial charge in [-0.1, -0.05) is 162 Å². The molecule has 3 nitrogen and oxygen atoms in total. The van der Waals surface area contributed by atoms with Gasteiger partial charge < -0.3 is 4.90 Å². The van der Waals surface area contributed by atoms with Crippen LogP contribution in [0, 0.1) is 17.9 Å². The van der Waals surface area contributed by atoms with E-state index in [-0.39, 0.29) is 10.8 Å². The quantitative estimate of drug-likeness (QED) is 0.127. The summed E-state index contributed by atoms with van der Waals surface area (Å²) in [4.78, 5) is 6.82. The van der Waals surface area contributed by atoms with Crippen molar-refractivity contribution >= 4 is 65.2 Å². The lowest BCUT2D eigenvalue weighted by atomic mass is 9.81. The highest BCUT2D eigenvalue weighted by Crippen LogP contribution is 2.59. The van der Waals surface area contributed by atoms with Crippen molar-refractivity contribution in [2.24, 2.45) is 0 Å². The molecular weight excluding hydrogens is 835 g/mol. The Bertz CT molecular complexity index is 3990. The molecular formula is C66H55N3. The lowest BCUT2D eigenvalue weighted by Crippen LogP contribution is -2.37. The monoisotopic (exact) mass is 889 g/mol. The first-order valence-corrected chi connectivity index (χ1v) is 24.6. The van der Waals surface area contributed by atoms with Crippen molar-refractivity contribution in [2.45, 2.75) is 92.2 Å². The van der Waals surface area contributed by atoms with Crippen molar-refractivity contribution < 1.29 is 0 Å². The second-order valence-electron chi connectivity index (χ2n) is 22.1. The normalized spacial score (nSPS) is 12.7. The molecule has 0 fully saturated rings. The van der Waals surface area contributed by atoms with Gasteiger partial charge in [0.1, 0.15) is 0 Å². The van der Waals surface area contributed by atoms with E-state index in [1.807, 2.05) is 0 Å². The fraction of sp³-hybridized carbons (Fsp3) is 0.212. The molecule has 0 aromatic heterocycles. The maximum absolute atomic E-state index is 10.9. The molecule has 0 radical (unpaired) electrons. The minimum absolute atomic E-state index is 0.106. The summed E-state index contributed by atoms with van der Waals surface area (Å²) in [7, 11) is 0. The molecule has 3 heteroatoms. The number of nitrogens with zero attached hydrogens (tertiary/aromatic N) is 3. The number of hydrogen-bond acceptors (Lipinski definition) is 2. The Labute approximate surface area is 406 Å². The molecule has 0 bridgehead atoms. The molecule has 10 aromatic carbocycles. The summed E-state index contributed by atoms with van der Waals surface area (Å²) < 4.78 is 0. The van der Waals surface area contributed by atoms with Crippen molar-refractivity contribution in [3.05, 3.63) is 168 Å². The Morgan fingerprint density at radius 1 is 0.449 bits per heavy atom. The number of anilines is 1. The molecule has 69 heavy (non-hydrogen) atoms. The Morgan fingerprint density at radius 2 is 0.942 bits per heavy atom. The van der Waals surface area contributed by atoms with Crippen LogP contribution in [-0.4, -0.2) is 12.1 Å². The first-order valence-electron chi connectivity index (χ1n) is 24.6. The van der Waals surface area contributed by atoms with Crippen LogP contribution in [0.2, 0.25) is 0 Å². The molecule has 0 N–H and O–H groups in total. The van der Waals surface area contributed by atoms with Gasteiger partial charge in [-0.15, -0.1) is 0 Å². The molecule has 10 aromatic rings. The molecule has 334 valence electrons. The third-order valence-electron chi connectivity index (χ3n) is 15.4. The van der Waals surface area contributed by atoms with Crippen LogP contribution in [-0.2, 0) is 10.8 Å². The topological polar surface area (TPSA) is 31.4 Å². The van der Waals surface area contributed by atoms with E-state index >= 15 is 0 Å². The summed E-state index contributed by atoms with van der Waals surface area (Å²) in [6.45, 7) is 31.1. The van der Waals surface area contributed by atoms with E-state index in [1.165, 1.54) is 71.7 Å². The van der Waals surface area contributed by atoms with E-state index in [4.69, 9.17) is 6.57 Å². The van der Waals surface area contributed by atoms with E-state index in [1.54, 1.807) is 0 Å². The lowest BCUT2D eigenvalue weighted by molar-refractivity contribution is 0.590. The molecule has 0 aliphatic heterocycles. The fourth-order valence-electron chi connectivity index (χ4n) is 12.3. The SMILES string of the molecule is [C-]#[N+]c1cc(C(C)(C)C)ccc1-c1c2c(cc3c1ccc1c4cc5c(c(-c6ccc(C(C)(C)C)cc6C#N)c4ccc31)-c1cccc3cccc-5c13)-c1cccc3c(N(C(C)C)C(C)C)ccc-2c13. The van der Waals surface area contributed by atoms with Gasteiger partial charge in [-0.25, -0.2) is 4.85 Å². The van der Waals surface area contributed by atoms with Gasteiger partial charge in [0.05, 0.1) is 18.2 Å². The summed E-state index contributed by atoms with van der Waals surface area (Å²) in [6, 6.07) is 55.4. The summed E-state index contributed by atoms with van der Waals surface area (Å²) >= 11 is 0. The third kappa shape index (κ3) is 6.10. The maximum atomic E-state index is 10.9. The van der Waals surface area contributed by atoms with Gasteiger partial charge in [-0.3, -0.25) is 0 Å². The summed E-state index contributed by atoms with van der Waals surface area (Å²) in [5, 5.41) is 22.9. The largest absolute Gasteiger partial charge is 0.366 e. The van der Waals surface area contributed by atoms with E-state index < -0.39 is 0 Å². The molecule has 12 rings (SSSR count). The van der Waals surface area contributed by atoms with Crippen molar-refractivity contribution in [1.29, 1.82) is 5.26 Å². The molecule has 0 spiro atoms. The highest BCUT2D eigenvalue weighted by Gasteiger charge is 2.32. The predicted molar refractivity (Wildman–Crippen MR) is 295 cm³/mol. The summed E-state index contributed by atoms with van der Waals surface area (Å²) in [5.74, 6) is 0. The van der Waals surface area contributed by atoms with E-state index in [0.29, 0.717) is 23.3 Å². The molecule has 0 amide bonds. The van der Waals surface area contributed by atoms with Crippen LogP contribution in [0.4, 0.5) is 11.4 Å². The van der Waals surface area contributed by atoms with Crippen LogP contribution < -0.4 is 4.90 Å². The lowest BCUT2D eigenvalue weighted by Gasteiger charge is -2.34. The number of rotatable bonds is 5. The van der Waals surface area contributed by atoms with Gasteiger partial charge in [-0.2, -0.15) is 5.26 Å². The molecule has 2 aliphatic carbocycles. The van der Waals surface area contributed by atoms with Crippen LogP contribution in [0.15, 0.2) is 140 Å². The van der Waals surface area contributed by atoms with Gasteiger partial charge >= 0.3 is 0 Å². The average Bonchev–Trinajstić information content (AvgIpc) is 3.83. The zero-order chi connectivity index (χ0) is 48.0. The third-order valence-corrected chi connectivity index (χ3v) is 15.4. The molecule has 0 saturated carbocycles. The Hall–Kier alpha value is -7.72. The van der Waals surface area contributed by atoms with Crippen LogP contribution in [0.3, 0.4) is 0 Å². The Kier molecular flexibility index (Phi) is 9.20. The zero-order valence-electron chi connectivity index (χ0n) is 41.3. The minimum Gasteiger partial charge on any atom is -0.366 e. The highest BCUT2D eigenvalue weighted by atomic mass is 15.2. The molecule has 0 heterocycles. The van der Waals surface area contributed by atoms with Gasteiger partial charge in [0, 0.05) is 28.7 Å². The minimum atomic E-state index is -0.110. The molecule has 0 unspecified atom stereocenters.